The smallest absolute Gasteiger partial charge is 0.146 e. The Morgan fingerprint density at radius 3 is 2.78 bits per heavy atom. The maximum absolute atomic E-state index is 10.5. The summed E-state index contributed by atoms with van der Waals surface area (Å²) in [4.78, 5) is 10.5. The molecule has 0 atom stereocenters. The fourth-order valence-corrected chi connectivity index (χ4v) is 1.76. The average molecular weight is 250 g/mol. The lowest BCUT2D eigenvalue weighted by Crippen LogP contribution is -2.06. The van der Waals surface area contributed by atoms with Crippen molar-refractivity contribution in [2.75, 3.05) is 26.0 Å². The Balaban J connectivity index is 3.31. The second-order valence-electron chi connectivity index (χ2n) is 3.69. The van der Waals surface area contributed by atoms with Crippen molar-refractivity contribution < 1.29 is 14.6 Å². The summed E-state index contributed by atoms with van der Waals surface area (Å²) in [6, 6.07) is 3.37. The summed E-state index contributed by atoms with van der Waals surface area (Å²) in [5.74, 6) is 0.374. The van der Waals surface area contributed by atoms with Gasteiger partial charge in [0.2, 0.25) is 0 Å². The van der Waals surface area contributed by atoms with E-state index >= 15 is 0 Å². The molecular weight excluding hydrogens is 232 g/mol. The molecule has 0 saturated carbocycles. The summed E-state index contributed by atoms with van der Waals surface area (Å²) in [6.45, 7) is 0.499. The Labute approximate surface area is 106 Å². The van der Waals surface area contributed by atoms with Crippen LogP contribution < -0.4 is 11.1 Å². The molecule has 1 aromatic carbocycles. The first-order valence-electron chi connectivity index (χ1n) is 5.61. The number of aldehydes is 1. The van der Waals surface area contributed by atoms with Crippen molar-refractivity contribution in [2.24, 2.45) is 5.73 Å². The molecule has 18 heavy (non-hydrogen) atoms. The molecule has 1 aromatic rings. The van der Waals surface area contributed by atoms with Crippen molar-refractivity contribution in [3.05, 3.63) is 29.3 Å². The number of ether oxygens (including phenoxy) is 1. The molecule has 0 spiro atoms. The molecule has 0 unspecified atom stereocenters. The number of hydrogen-bond acceptors (Lipinski definition) is 5. The zero-order chi connectivity index (χ0) is 13.5. The lowest BCUT2D eigenvalue weighted by atomic mass is 10.0. The first kappa shape index (κ1) is 14.1. The van der Waals surface area contributed by atoms with Crippen molar-refractivity contribution in [2.45, 2.75) is 6.42 Å². The first-order chi connectivity index (χ1) is 8.67. The van der Waals surface area contributed by atoms with Crippen LogP contribution in [0.15, 0.2) is 18.2 Å². The quantitative estimate of drug-likeness (QED) is 0.400. The Kier molecular flexibility index (Phi) is 5.20. The van der Waals surface area contributed by atoms with Crippen molar-refractivity contribution >= 4 is 17.7 Å². The molecule has 0 radical (unpaired) electrons. The summed E-state index contributed by atoms with van der Waals surface area (Å²) in [7, 11) is 3.22. The molecule has 4 N–H and O–H groups in total. The standard InChI is InChI=1S/C13H18N2O3/c1-15-11-8-12(17)10(7-9(11)3-5-14)13(18-2)4-6-16/h4,6-8,15,17H,3,5,14H2,1-2H3/b13-4+. The van der Waals surface area contributed by atoms with Gasteiger partial charge in [-0.1, -0.05) is 0 Å². The summed E-state index contributed by atoms with van der Waals surface area (Å²) < 4.78 is 5.08. The maximum Gasteiger partial charge on any atom is 0.146 e. The molecule has 0 bridgehead atoms. The Bertz CT molecular complexity index is 456. The van der Waals surface area contributed by atoms with Crippen molar-refractivity contribution in [3.8, 4) is 5.75 Å². The lowest BCUT2D eigenvalue weighted by Gasteiger charge is -2.14. The third kappa shape index (κ3) is 3.01. The lowest BCUT2D eigenvalue weighted by molar-refractivity contribution is -0.104. The van der Waals surface area contributed by atoms with E-state index in [1.165, 1.54) is 13.2 Å². The maximum atomic E-state index is 10.5. The van der Waals surface area contributed by atoms with Gasteiger partial charge in [0.15, 0.2) is 0 Å². The highest BCUT2D eigenvalue weighted by Crippen LogP contribution is 2.31. The minimum atomic E-state index is 0.0510. The highest BCUT2D eigenvalue weighted by atomic mass is 16.5. The van der Waals surface area contributed by atoms with E-state index in [9.17, 15) is 9.90 Å². The van der Waals surface area contributed by atoms with Gasteiger partial charge in [-0.05, 0) is 24.6 Å². The van der Waals surface area contributed by atoms with Gasteiger partial charge in [-0.3, -0.25) is 4.79 Å². The normalized spacial score (nSPS) is 11.2. The molecular formula is C13H18N2O3. The Morgan fingerprint density at radius 1 is 1.56 bits per heavy atom. The highest BCUT2D eigenvalue weighted by Gasteiger charge is 2.12. The SMILES string of the molecule is CNc1cc(O)c(/C(=C\C=O)OC)cc1CCN. The second-order valence-corrected chi connectivity index (χ2v) is 3.69. The number of aromatic hydroxyl groups is 1. The van der Waals surface area contributed by atoms with Crippen LogP contribution >= 0.6 is 0 Å². The number of methoxy groups -OCH3 is 1. The van der Waals surface area contributed by atoms with Crippen molar-refractivity contribution in [1.82, 2.24) is 0 Å². The van der Waals surface area contributed by atoms with Gasteiger partial charge < -0.3 is 20.9 Å². The van der Waals surface area contributed by atoms with Crippen LogP contribution in [0.4, 0.5) is 5.69 Å². The van der Waals surface area contributed by atoms with E-state index in [1.807, 2.05) is 0 Å². The molecule has 1 rings (SSSR count). The molecule has 0 aliphatic rings. The Hall–Kier alpha value is -2.01. The van der Waals surface area contributed by atoms with Gasteiger partial charge in [-0.15, -0.1) is 0 Å². The molecule has 0 aliphatic heterocycles. The summed E-state index contributed by atoms with van der Waals surface area (Å²) in [5.41, 5.74) is 7.79. The predicted octanol–water partition coefficient (Wildman–Crippen LogP) is 1.12. The summed E-state index contributed by atoms with van der Waals surface area (Å²) >= 11 is 0. The van der Waals surface area contributed by atoms with E-state index < -0.39 is 0 Å². The van der Waals surface area contributed by atoms with Crippen LogP contribution in [0.3, 0.4) is 0 Å². The van der Waals surface area contributed by atoms with E-state index in [0.29, 0.717) is 30.6 Å². The topological polar surface area (TPSA) is 84.6 Å². The predicted molar refractivity (Wildman–Crippen MR) is 71.5 cm³/mol. The molecule has 0 aliphatic carbocycles. The van der Waals surface area contributed by atoms with Crippen LogP contribution in [-0.4, -0.2) is 32.1 Å². The van der Waals surface area contributed by atoms with Crippen molar-refractivity contribution in [3.63, 3.8) is 0 Å². The van der Waals surface area contributed by atoms with E-state index in [1.54, 1.807) is 19.2 Å². The monoisotopic (exact) mass is 250 g/mol. The molecule has 0 aromatic heterocycles. The average Bonchev–Trinajstić information content (AvgIpc) is 2.38. The molecule has 5 nitrogen and oxygen atoms in total. The van der Waals surface area contributed by atoms with Crippen LogP contribution in [0, 0.1) is 0 Å². The highest BCUT2D eigenvalue weighted by molar-refractivity contribution is 5.81. The fraction of sp³-hybridized carbons (Fsp3) is 0.308. The number of rotatable bonds is 6. The van der Waals surface area contributed by atoms with E-state index in [4.69, 9.17) is 10.5 Å². The van der Waals surface area contributed by atoms with Gasteiger partial charge in [0, 0.05) is 24.9 Å². The van der Waals surface area contributed by atoms with E-state index in [0.717, 1.165) is 11.3 Å². The van der Waals surface area contributed by atoms with Gasteiger partial charge in [-0.2, -0.15) is 0 Å². The number of carbonyl (C=O) groups is 1. The second kappa shape index (κ2) is 6.66. The molecule has 98 valence electrons. The third-order valence-electron chi connectivity index (χ3n) is 2.61. The number of anilines is 1. The van der Waals surface area contributed by atoms with Crippen LogP contribution in [-0.2, 0) is 16.0 Å². The molecule has 0 fully saturated rings. The summed E-state index contributed by atoms with van der Waals surface area (Å²) in [6.07, 6.45) is 2.55. The fourth-order valence-electron chi connectivity index (χ4n) is 1.76. The largest absolute Gasteiger partial charge is 0.507 e. The zero-order valence-corrected chi connectivity index (χ0v) is 10.6. The van der Waals surface area contributed by atoms with Gasteiger partial charge in [0.1, 0.15) is 17.8 Å². The number of phenolic OH excluding ortho intramolecular Hbond substituents is 1. The van der Waals surface area contributed by atoms with E-state index in [2.05, 4.69) is 5.32 Å². The van der Waals surface area contributed by atoms with E-state index in [-0.39, 0.29) is 5.75 Å². The number of hydrogen-bond donors (Lipinski definition) is 3. The number of phenols is 1. The Morgan fingerprint density at radius 2 is 2.28 bits per heavy atom. The molecule has 0 heterocycles. The molecule has 0 amide bonds. The van der Waals surface area contributed by atoms with Gasteiger partial charge in [0.25, 0.3) is 0 Å². The minimum absolute atomic E-state index is 0.0510. The van der Waals surface area contributed by atoms with Crippen LogP contribution in [0.25, 0.3) is 5.76 Å². The number of nitrogens with two attached hydrogens (primary N) is 1. The molecule has 0 saturated heterocycles. The number of nitrogens with one attached hydrogen (secondary N) is 1. The number of benzene rings is 1. The zero-order valence-electron chi connectivity index (χ0n) is 10.6. The van der Waals surface area contributed by atoms with Crippen LogP contribution in [0.2, 0.25) is 0 Å². The van der Waals surface area contributed by atoms with Crippen LogP contribution in [0.1, 0.15) is 11.1 Å². The molecule has 5 heteroatoms. The van der Waals surface area contributed by atoms with Gasteiger partial charge in [0.05, 0.1) is 12.7 Å². The van der Waals surface area contributed by atoms with Gasteiger partial charge >= 0.3 is 0 Å². The third-order valence-corrected chi connectivity index (χ3v) is 2.61. The first-order valence-corrected chi connectivity index (χ1v) is 5.61. The van der Waals surface area contributed by atoms with Crippen LogP contribution in [0.5, 0.6) is 5.75 Å². The summed E-state index contributed by atoms with van der Waals surface area (Å²) in [5, 5.41) is 12.9. The van der Waals surface area contributed by atoms with Gasteiger partial charge in [-0.25, -0.2) is 0 Å². The number of allylic oxidation sites excluding steroid dienone is 1. The minimum Gasteiger partial charge on any atom is -0.507 e. The number of carbonyl (C=O) groups excluding carboxylic acids is 1. The van der Waals surface area contributed by atoms with Crippen molar-refractivity contribution in [1.29, 1.82) is 0 Å².